The summed E-state index contributed by atoms with van der Waals surface area (Å²) in [5.74, 6) is -0.850. The normalized spacial score (nSPS) is 13.3. The van der Waals surface area contributed by atoms with Crippen molar-refractivity contribution in [2.45, 2.75) is 19.5 Å². The van der Waals surface area contributed by atoms with E-state index in [0.29, 0.717) is 19.5 Å². The van der Waals surface area contributed by atoms with Crippen molar-refractivity contribution >= 4 is 23.2 Å². The third kappa shape index (κ3) is 2.44. The largest absolute Gasteiger partial charge is 0.478 e. The Hall–Kier alpha value is -2.14. The number of hydrogen-bond acceptors (Lipinski definition) is 3. The van der Waals surface area contributed by atoms with Gasteiger partial charge in [-0.2, -0.15) is 0 Å². The van der Waals surface area contributed by atoms with Crippen LogP contribution in [0.4, 0.5) is 0 Å². The Balaban J connectivity index is 1.73. The van der Waals surface area contributed by atoms with Gasteiger partial charge in [0, 0.05) is 18.0 Å². The van der Waals surface area contributed by atoms with Gasteiger partial charge in [-0.3, -0.25) is 4.79 Å². The van der Waals surface area contributed by atoms with Crippen molar-refractivity contribution in [3.8, 4) is 0 Å². The predicted octanol–water partition coefficient (Wildman–Crippen LogP) is 2.53. The Morgan fingerprint density at radius 1 is 1.20 bits per heavy atom. The molecule has 0 fully saturated rings. The Morgan fingerprint density at radius 2 is 2.00 bits per heavy atom. The summed E-state index contributed by atoms with van der Waals surface area (Å²) in [7, 11) is 0. The van der Waals surface area contributed by atoms with Crippen LogP contribution in [0.15, 0.2) is 35.7 Å². The van der Waals surface area contributed by atoms with Gasteiger partial charge in [0.15, 0.2) is 0 Å². The number of carbonyl (C=O) groups excluding carboxylic acids is 1. The summed E-state index contributed by atoms with van der Waals surface area (Å²) in [6.45, 7) is 1.07. The third-order valence-electron chi connectivity index (χ3n) is 3.43. The average molecular weight is 287 g/mol. The molecule has 4 nitrogen and oxygen atoms in total. The molecule has 0 saturated heterocycles. The highest BCUT2D eigenvalue weighted by Crippen LogP contribution is 2.25. The molecule has 1 aliphatic rings. The van der Waals surface area contributed by atoms with Crippen molar-refractivity contribution in [2.75, 3.05) is 0 Å². The molecule has 0 saturated carbocycles. The van der Waals surface area contributed by atoms with Crippen LogP contribution in [0, 0.1) is 0 Å². The fourth-order valence-electron chi connectivity index (χ4n) is 2.38. The van der Waals surface area contributed by atoms with E-state index in [0.717, 1.165) is 16.0 Å². The zero-order valence-corrected chi connectivity index (χ0v) is 11.5. The standard InChI is InChI=1S/C15H13NO3S/c17-14(7-13-2-1-5-20-13)16-8-11-4-3-10(15(18)19)6-12(11)9-16/h1-6H,7-9H2,(H,18,19). The van der Waals surface area contributed by atoms with Gasteiger partial charge >= 0.3 is 5.97 Å². The van der Waals surface area contributed by atoms with Gasteiger partial charge in [-0.1, -0.05) is 12.1 Å². The summed E-state index contributed by atoms with van der Waals surface area (Å²) in [5, 5.41) is 10.9. The van der Waals surface area contributed by atoms with Crippen molar-refractivity contribution in [3.63, 3.8) is 0 Å². The smallest absolute Gasteiger partial charge is 0.335 e. The molecule has 2 heterocycles. The van der Waals surface area contributed by atoms with Gasteiger partial charge in [-0.25, -0.2) is 4.79 Å². The molecule has 1 aromatic carbocycles. The number of aromatic carboxylic acids is 1. The van der Waals surface area contributed by atoms with Crippen LogP contribution in [0.5, 0.6) is 0 Å². The summed E-state index contributed by atoms with van der Waals surface area (Å²) in [6, 6.07) is 8.95. The Kier molecular flexibility index (Phi) is 3.28. The zero-order valence-electron chi connectivity index (χ0n) is 10.7. The fourth-order valence-corrected chi connectivity index (χ4v) is 3.07. The Morgan fingerprint density at radius 3 is 2.70 bits per heavy atom. The first kappa shape index (κ1) is 12.9. The van der Waals surface area contributed by atoms with Crippen molar-refractivity contribution in [3.05, 3.63) is 57.3 Å². The lowest BCUT2D eigenvalue weighted by molar-refractivity contribution is -0.131. The monoisotopic (exact) mass is 287 g/mol. The molecule has 1 aromatic heterocycles. The molecule has 20 heavy (non-hydrogen) atoms. The Bertz CT molecular complexity index is 664. The van der Waals surface area contributed by atoms with E-state index in [1.807, 2.05) is 17.5 Å². The molecule has 1 aliphatic heterocycles. The number of rotatable bonds is 3. The molecule has 2 aromatic rings. The molecule has 0 unspecified atom stereocenters. The van der Waals surface area contributed by atoms with E-state index in [4.69, 9.17) is 5.11 Å². The number of fused-ring (bicyclic) bond motifs is 1. The molecule has 0 spiro atoms. The highest BCUT2D eigenvalue weighted by atomic mass is 32.1. The van der Waals surface area contributed by atoms with Crippen molar-refractivity contribution in [1.29, 1.82) is 0 Å². The fraction of sp³-hybridized carbons (Fsp3) is 0.200. The van der Waals surface area contributed by atoms with E-state index in [2.05, 4.69) is 0 Å². The number of amides is 1. The number of carboxylic acids is 1. The topological polar surface area (TPSA) is 57.6 Å². The van der Waals surface area contributed by atoms with Gasteiger partial charge < -0.3 is 10.0 Å². The molecule has 1 N–H and O–H groups in total. The second-order valence-corrected chi connectivity index (χ2v) is 5.83. The first-order chi connectivity index (χ1) is 9.63. The zero-order chi connectivity index (χ0) is 14.1. The van der Waals surface area contributed by atoms with E-state index in [1.165, 1.54) is 0 Å². The summed E-state index contributed by atoms with van der Waals surface area (Å²) in [5.41, 5.74) is 2.25. The minimum atomic E-state index is -0.934. The molecule has 0 bridgehead atoms. The van der Waals surface area contributed by atoms with Crippen LogP contribution >= 0.6 is 11.3 Å². The maximum Gasteiger partial charge on any atom is 0.335 e. The molecule has 1 amide bonds. The number of nitrogens with zero attached hydrogens (tertiary/aromatic N) is 1. The predicted molar refractivity (Wildman–Crippen MR) is 75.7 cm³/mol. The van der Waals surface area contributed by atoms with Crippen LogP contribution in [0.1, 0.15) is 26.4 Å². The van der Waals surface area contributed by atoms with Gasteiger partial charge in [0.1, 0.15) is 0 Å². The molecule has 0 atom stereocenters. The maximum atomic E-state index is 12.2. The Labute approximate surface area is 120 Å². The lowest BCUT2D eigenvalue weighted by Gasteiger charge is -2.14. The van der Waals surface area contributed by atoms with E-state index < -0.39 is 5.97 Å². The number of carboxylic acid groups (broad SMARTS) is 1. The minimum absolute atomic E-state index is 0.0838. The SMILES string of the molecule is O=C(O)c1ccc2c(c1)CN(C(=O)Cc1cccs1)C2. The van der Waals surface area contributed by atoms with Crippen LogP contribution in [0.2, 0.25) is 0 Å². The highest BCUT2D eigenvalue weighted by Gasteiger charge is 2.24. The first-order valence-electron chi connectivity index (χ1n) is 6.29. The van der Waals surface area contributed by atoms with Crippen molar-refractivity contribution < 1.29 is 14.7 Å². The summed E-state index contributed by atoms with van der Waals surface area (Å²) in [4.78, 5) is 26.0. The lowest BCUT2D eigenvalue weighted by atomic mass is 10.1. The highest BCUT2D eigenvalue weighted by molar-refractivity contribution is 7.10. The average Bonchev–Trinajstić information content (AvgIpc) is 3.05. The minimum Gasteiger partial charge on any atom is -0.478 e. The van der Waals surface area contributed by atoms with E-state index in [9.17, 15) is 9.59 Å². The van der Waals surface area contributed by atoms with Crippen LogP contribution in [0.3, 0.4) is 0 Å². The van der Waals surface area contributed by atoms with Gasteiger partial charge in [0.05, 0.1) is 12.0 Å². The van der Waals surface area contributed by atoms with E-state index in [1.54, 1.807) is 34.4 Å². The van der Waals surface area contributed by atoms with Gasteiger partial charge in [-0.05, 0) is 34.7 Å². The number of carbonyl (C=O) groups is 2. The van der Waals surface area contributed by atoms with Crippen LogP contribution < -0.4 is 0 Å². The quantitative estimate of drug-likeness (QED) is 0.943. The van der Waals surface area contributed by atoms with Gasteiger partial charge in [-0.15, -0.1) is 11.3 Å². The molecule has 0 radical (unpaired) electrons. The second-order valence-electron chi connectivity index (χ2n) is 4.79. The number of hydrogen-bond donors (Lipinski definition) is 1. The van der Waals surface area contributed by atoms with Gasteiger partial charge in [0.25, 0.3) is 0 Å². The second kappa shape index (κ2) is 5.09. The van der Waals surface area contributed by atoms with E-state index in [-0.39, 0.29) is 11.5 Å². The van der Waals surface area contributed by atoms with Crippen molar-refractivity contribution in [1.82, 2.24) is 4.90 Å². The molecule has 102 valence electrons. The summed E-state index contributed by atoms with van der Waals surface area (Å²) in [6.07, 6.45) is 0.414. The molecule has 0 aliphatic carbocycles. The molecule has 5 heteroatoms. The molecular formula is C15H13NO3S. The summed E-state index contributed by atoms with van der Waals surface area (Å²) >= 11 is 1.58. The first-order valence-corrected chi connectivity index (χ1v) is 7.16. The van der Waals surface area contributed by atoms with Crippen molar-refractivity contribution in [2.24, 2.45) is 0 Å². The van der Waals surface area contributed by atoms with Crippen LogP contribution in [0.25, 0.3) is 0 Å². The number of thiophene rings is 1. The molecular weight excluding hydrogens is 274 g/mol. The maximum absolute atomic E-state index is 12.2. The van der Waals surface area contributed by atoms with Gasteiger partial charge in [0.2, 0.25) is 5.91 Å². The van der Waals surface area contributed by atoms with E-state index >= 15 is 0 Å². The lowest BCUT2D eigenvalue weighted by Crippen LogP contribution is -2.26. The third-order valence-corrected chi connectivity index (χ3v) is 4.31. The van der Waals surface area contributed by atoms with Crippen LogP contribution in [-0.2, 0) is 24.3 Å². The molecule has 3 rings (SSSR count). The van der Waals surface area contributed by atoms with Crippen LogP contribution in [-0.4, -0.2) is 21.9 Å². The number of benzene rings is 1. The summed E-state index contributed by atoms with van der Waals surface area (Å²) < 4.78 is 0.